The van der Waals surface area contributed by atoms with Crippen LogP contribution in [0.2, 0.25) is 0 Å². The molecule has 3 rings (SSSR count). The van der Waals surface area contributed by atoms with Gasteiger partial charge in [0, 0.05) is 0 Å². The van der Waals surface area contributed by atoms with Crippen LogP contribution in [0, 0.1) is 0 Å². The summed E-state index contributed by atoms with van der Waals surface area (Å²) in [5.41, 5.74) is 5.85. The Balaban J connectivity index is 0.00000225. The number of fused-ring (bicyclic) bond motifs is 1. The number of imidazole rings is 1. The SMILES string of the molecule is NC1c2ncn([C@@H]3O[C@H](CO)C(O)C3O)c2N=CN1O[I+3]([O-])([O-])[O-].[NaH]. The summed E-state index contributed by atoms with van der Waals surface area (Å²) >= 11 is -6.03. The standard InChI is InChI=1S/C10H14IN5O8.Na.H/c12-8-5-9(14-3-16(8)24-11(20,21)22)15(2-13-5)10-7(19)6(18)4(1-17)23-10;;/h2-4,6-8,10,17-19H,1,12H2;;/t4-,6?,7?,8?,10-;;/m1../s1. The Morgan fingerprint density at radius 3 is 2.56 bits per heavy atom. The van der Waals surface area contributed by atoms with Crippen molar-refractivity contribution in [3.8, 4) is 0 Å². The molecule has 2 aliphatic heterocycles. The van der Waals surface area contributed by atoms with E-state index in [4.69, 9.17) is 15.6 Å². The molecule has 0 aliphatic carbocycles. The Kier molecular flexibility index (Phi) is 6.80. The van der Waals surface area contributed by atoms with E-state index >= 15 is 0 Å². The second-order valence-electron chi connectivity index (χ2n) is 5.09. The number of aliphatic hydroxyl groups excluding tert-OH is 3. The minimum atomic E-state index is -6.03. The van der Waals surface area contributed by atoms with Crippen molar-refractivity contribution in [2.45, 2.75) is 30.7 Å². The van der Waals surface area contributed by atoms with Crippen molar-refractivity contribution in [1.29, 1.82) is 0 Å². The molecular formula is C10H15IN5NaO8. The zero-order valence-corrected chi connectivity index (χ0v) is 14.0. The maximum atomic E-state index is 10.7. The fraction of sp³-hybridized carbons (Fsp3) is 0.600. The predicted octanol–water partition coefficient (Wildman–Crippen LogP) is -9.39. The Labute approximate surface area is 169 Å². The number of ether oxygens (including phenoxy) is 1. The molecule has 3 unspecified atom stereocenters. The topological polar surface area (TPSA) is 208 Å². The number of rotatable bonds is 4. The molecule has 1 aromatic rings. The molecule has 0 amide bonds. The molecule has 1 fully saturated rings. The van der Waals surface area contributed by atoms with E-state index in [0.29, 0.717) is 5.06 Å². The van der Waals surface area contributed by atoms with Crippen LogP contribution < -0.4 is 36.1 Å². The van der Waals surface area contributed by atoms with Gasteiger partial charge >= 0.3 is 49.7 Å². The normalized spacial score (nSPS) is 31.8. The Hall–Kier alpha value is 0.0500. The number of aliphatic imine (C=N–C) groups is 1. The van der Waals surface area contributed by atoms with Gasteiger partial charge in [0.1, 0.15) is 30.3 Å². The third-order valence-corrected chi connectivity index (χ3v) is 4.54. The van der Waals surface area contributed by atoms with Crippen LogP contribution in [-0.2, 0) is 7.90 Å². The molecule has 0 spiro atoms. The van der Waals surface area contributed by atoms with Crippen molar-refractivity contribution in [2.75, 3.05) is 6.61 Å². The molecule has 15 heteroatoms. The van der Waals surface area contributed by atoms with Crippen LogP contribution in [0.3, 0.4) is 0 Å². The average Bonchev–Trinajstić information content (AvgIpc) is 3.04. The van der Waals surface area contributed by atoms with Gasteiger partial charge in [-0.05, 0) is 0 Å². The van der Waals surface area contributed by atoms with E-state index in [1.54, 1.807) is 0 Å². The van der Waals surface area contributed by atoms with E-state index in [-0.39, 0.29) is 41.1 Å². The van der Waals surface area contributed by atoms with E-state index in [2.05, 4.69) is 13.1 Å². The van der Waals surface area contributed by atoms with Crippen molar-refractivity contribution >= 4 is 41.7 Å². The van der Waals surface area contributed by atoms with Crippen LogP contribution in [0.15, 0.2) is 11.3 Å². The van der Waals surface area contributed by atoms with Crippen LogP contribution in [0.25, 0.3) is 0 Å². The summed E-state index contributed by atoms with van der Waals surface area (Å²) in [5.74, 6) is 0.122. The minimum absolute atomic E-state index is 0. The van der Waals surface area contributed by atoms with E-state index < -0.39 is 57.4 Å². The Morgan fingerprint density at radius 2 is 2.00 bits per heavy atom. The molecule has 0 bridgehead atoms. The summed E-state index contributed by atoms with van der Waals surface area (Å²) < 4.78 is 43.1. The van der Waals surface area contributed by atoms with Gasteiger partial charge in [-0.15, -0.1) is 5.06 Å². The zero-order valence-electron chi connectivity index (χ0n) is 11.9. The van der Waals surface area contributed by atoms with Gasteiger partial charge in [0.25, 0.3) is 0 Å². The quantitative estimate of drug-likeness (QED) is 0.234. The number of nitrogens with zero attached hydrogens (tertiary/aromatic N) is 4. The molecule has 0 radical (unpaired) electrons. The summed E-state index contributed by atoms with van der Waals surface area (Å²) in [6.07, 6.45) is -3.86. The van der Waals surface area contributed by atoms with Crippen molar-refractivity contribution in [3.63, 3.8) is 0 Å². The van der Waals surface area contributed by atoms with Gasteiger partial charge in [0.2, 0.25) is 0 Å². The van der Waals surface area contributed by atoms with Gasteiger partial charge in [0.05, 0.1) is 12.9 Å². The Bertz CT molecular complexity index is 641. The first-order valence-corrected chi connectivity index (χ1v) is 10.1. The molecule has 13 nitrogen and oxygen atoms in total. The van der Waals surface area contributed by atoms with Gasteiger partial charge in [-0.25, -0.2) is 9.98 Å². The third-order valence-electron chi connectivity index (χ3n) is 3.60. The van der Waals surface area contributed by atoms with Gasteiger partial charge in [-0.1, -0.05) is 0 Å². The summed E-state index contributed by atoms with van der Waals surface area (Å²) in [4.78, 5) is 7.85. The second-order valence-corrected chi connectivity index (χ2v) is 7.64. The number of halogens is 1. The number of hydrogen-bond donors (Lipinski definition) is 4. The van der Waals surface area contributed by atoms with Crippen molar-refractivity contribution in [1.82, 2.24) is 14.6 Å². The fourth-order valence-electron chi connectivity index (χ4n) is 2.47. The summed E-state index contributed by atoms with van der Waals surface area (Å²) in [6, 6.07) is 0. The summed E-state index contributed by atoms with van der Waals surface area (Å²) in [5, 5.41) is 29.5. The summed E-state index contributed by atoms with van der Waals surface area (Å²) in [6.45, 7) is -0.499. The second kappa shape index (κ2) is 7.97. The molecule has 2 aliphatic rings. The van der Waals surface area contributed by atoms with E-state index in [0.717, 1.165) is 6.34 Å². The molecule has 0 aromatic carbocycles. The molecule has 1 saturated heterocycles. The van der Waals surface area contributed by atoms with E-state index in [1.165, 1.54) is 10.9 Å². The van der Waals surface area contributed by atoms with Crippen LogP contribution in [0.1, 0.15) is 18.1 Å². The molecule has 3 heterocycles. The van der Waals surface area contributed by atoms with Crippen molar-refractivity contribution in [2.24, 2.45) is 10.7 Å². The van der Waals surface area contributed by atoms with Gasteiger partial charge < -0.3 is 25.8 Å². The molecular weight excluding hydrogens is 468 g/mol. The third kappa shape index (κ3) is 4.15. The summed E-state index contributed by atoms with van der Waals surface area (Å²) in [7, 11) is 0. The van der Waals surface area contributed by atoms with Crippen LogP contribution in [0.5, 0.6) is 0 Å². The molecule has 25 heavy (non-hydrogen) atoms. The van der Waals surface area contributed by atoms with Crippen molar-refractivity contribution < 1.29 is 53.6 Å². The first-order chi connectivity index (χ1) is 11.2. The molecule has 1 aromatic heterocycles. The zero-order chi connectivity index (χ0) is 17.6. The number of hydrogen-bond acceptors (Lipinski definition) is 12. The molecule has 5 atom stereocenters. The molecule has 0 saturated carbocycles. The van der Waals surface area contributed by atoms with Crippen molar-refractivity contribution in [3.05, 3.63) is 12.0 Å². The number of aromatic nitrogens is 2. The Morgan fingerprint density at radius 1 is 1.32 bits per heavy atom. The van der Waals surface area contributed by atoms with Crippen LogP contribution in [-0.4, -0.2) is 90.7 Å². The first kappa shape index (κ1) is 21.4. The van der Waals surface area contributed by atoms with E-state index in [9.17, 15) is 20.5 Å². The molecule has 136 valence electrons. The van der Waals surface area contributed by atoms with E-state index in [1.807, 2.05) is 0 Å². The number of nitrogens with two attached hydrogens (primary N) is 1. The van der Waals surface area contributed by atoms with Crippen LogP contribution >= 0.6 is 0 Å². The number of hydroxylamine groups is 2. The van der Waals surface area contributed by atoms with Gasteiger partial charge in [-0.2, -0.15) is 0 Å². The fourth-order valence-corrected chi connectivity index (χ4v) is 3.37. The number of aliphatic hydroxyl groups is 3. The predicted molar refractivity (Wildman–Crippen MR) is 70.4 cm³/mol. The van der Waals surface area contributed by atoms with Gasteiger partial charge in [-0.3, -0.25) is 14.9 Å². The maximum absolute atomic E-state index is 10.7. The average molecular weight is 483 g/mol. The van der Waals surface area contributed by atoms with Gasteiger partial charge in [0.15, 0.2) is 21.4 Å². The molecule has 5 N–H and O–H groups in total. The first-order valence-electron chi connectivity index (χ1n) is 6.60. The monoisotopic (exact) mass is 483 g/mol. The van der Waals surface area contributed by atoms with Crippen LogP contribution in [0.4, 0.5) is 5.82 Å².